The average molecular weight is 408 g/mol. The van der Waals surface area contributed by atoms with Crippen LogP contribution in [0.1, 0.15) is 13.3 Å². The molecule has 0 atom stereocenters. The second-order valence-electron chi connectivity index (χ2n) is 6.24. The van der Waals surface area contributed by atoms with Crippen molar-refractivity contribution in [2.75, 3.05) is 18.5 Å². The third-order valence-corrected chi connectivity index (χ3v) is 4.90. The molecular weight excluding hydrogens is 388 g/mol. The predicted molar refractivity (Wildman–Crippen MR) is 114 cm³/mol. The molecule has 148 valence electrons. The molecule has 0 fully saturated rings. The summed E-state index contributed by atoms with van der Waals surface area (Å²) >= 11 is 1.36. The van der Waals surface area contributed by atoms with Gasteiger partial charge >= 0.3 is 0 Å². The van der Waals surface area contributed by atoms with E-state index in [2.05, 4.69) is 10.3 Å². The largest absolute Gasteiger partial charge is 0.494 e. The van der Waals surface area contributed by atoms with Crippen molar-refractivity contribution in [3.05, 3.63) is 60.0 Å². The zero-order valence-corrected chi connectivity index (χ0v) is 16.7. The second-order valence-corrected chi connectivity index (χ2v) is 7.10. The minimum Gasteiger partial charge on any atom is -0.494 e. The normalized spacial score (nSPS) is 10.8. The maximum atomic E-state index is 12.1. The second kappa shape index (κ2) is 8.79. The molecule has 2 heterocycles. The van der Waals surface area contributed by atoms with Crippen LogP contribution in [0.25, 0.3) is 22.4 Å². The number of anilines is 1. The van der Waals surface area contributed by atoms with Crippen molar-refractivity contribution in [2.45, 2.75) is 13.3 Å². The molecule has 0 saturated heterocycles. The zero-order valence-electron chi connectivity index (χ0n) is 15.9. The topological polar surface area (TPSA) is 73.6 Å². The number of aromatic nitrogens is 1. The number of carbonyl (C=O) groups is 1. The van der Waals surface area contributed by atoms with Gasteiger partial charge in [0.15, 0.2) is 10.9 Å². The Hall–Kier alpha value is -3.32. The van der Waals surface area contributed by atoms with Crippen molar-refractivity contribution in [2.24, 2.45) is 0 Å². The van der Waals surface area contributed by atoms with Crippen LogP contribution < -0.4 is 14.8 Å². The zero-order chi connectivity index (χ0) is 20.1. The molecule has 0 aliphatic heterocycles. The summed E-state index contributed by atoms with van der Waals surface area (Å²) in [6.07, 6.45) is 0.245. The summed E-state index contributed by atoms with van der Waals surface area (Å²) in [7, 11) is 0. The minimum atomic E-state index is -0.146. The Balaban J connectivity index is 1.36. The summed E-state index contributed by atoms with van der Waals surface area (Å²) in [5.41, 5.74) is 1.44. The van der Waals surface area contributed by atoms with Crippen LogP contribution in [0.2, 0.25) is 0 Å². The Morgan fingerprint density at radius 3 is 2.79 bits per heavy atom. The number of nitrogens with zero attached hydrogens (tertiary/aromatic N) is 1. The molecule has 0 saturated carbocycles. The lowest BCUT2D eigenvalue weighted by Gasteiger charge is -2.05. The number of nitrogens with one attached hydrogen (secondary N) is 1. The number of furan rings is 1. The van der Waals surface area contributed by atoms with E-state index in [1.54, 1.807) is 0 Å². The SMILES string of the molecule is CCOc1ccc2oc(-c3csc(NC(=O)CCOc4ccccc4)n3)cc2c1. The van der Waals surface area contributed by atoms with Crippen LogP contribution in [0.5, 0.6) is 11.5 Å². The molecule has 6 nitrogen and oxygen atoms in total. The summed E-state index contributed by atoms with van der Waals surface area (Å²) in [6.45, 7) is 2.87. The van der Waals surface area contributed by atoms with E-state index in [-0.39, 0.29) is 12.3 Å². The molecule has 0 bridgehead atoms. The lowest BCUT2D eigenvalue weighted by Crippen LogP contribution is -2.15. The first-order valence-corrected chi connectivity index (χ1v) is 10.2. The number of amides is 1. The van der Waals surface area contributed by atoms with Gasteiger partial charge in [0.05, 0.1) is 19.6 Å². The number of benzene rings is 2. The van der Waals surface area contributed by atoms with Crippen molar-refractivity contribution in [1.29, 1.82) is 0 Å². The average Bonchev–Trinajstić information content (AvgIpc) is 3.35. The lowest BCUT2D eigenvalue weighted by atomic mass is 10.2. The highest BCUT2D eigenvalue weighted by Crippen LogP contribution is 2.32. The molecule has 2 aromatic carbocycles. The summed E-state index contributed by atoms with van der Waals surface area (Å²) < 4.78 is 16.9. The first-order valence-electron chi connectivity index (χ1n) is 9.31. The Morgan fingerprint density at radius 2 is 1.97 bits per heavy atom. The molecule has 0 aliphatic carbocycles. The fraction of sp³-hybridized carbons (Fsp3) is 0.182. The first kappa shape index (κ1) is 19.0. The Labute approximate surface area is 172 Å². The van der Waals surface area contributed by atoms with Gasteiger partial charge in [0.25, 0.3) is 0 Å². The standard InChI is InChI=1S/C22H20N2O4S/c1-2-26-17-8-9-19-15(12-17)13-20(28-19)18-14-29-22(23-18)24-21(25)10-11-27-16-6-4-3-5-7-16/h3-9,12-14H,2,10-11H2,1H3,(H,23,24,25). The lowest BCUT2D eigenvalue weighted by molar-refractivity contribution is -0.116. The first-order chi connectivity index (χ1) is 14.2. The predicted octanol–water partition coefficient (Wildman–Crippen LogP) is 5.36. The van der Waals surface area contributed by atoms with Crippen LogP contribution in [0.3, 0.4) is 0 Å². The minimum absolute atomic E-state index is 0.146. The van der Waals surface area contributed by atoms with Gasteiger partial charge in [-0.3, -0.25) is 4.79 Å². The van der Waals surface area contributed by atoms with Crippen molar-refractivity contribution in [3.63, 3.8) is 0 Å². The van der Waals surface area contributed by atoms with E-state index in [1.165, 1.54) is 11.3 Å². The number of hydrogen-bond acceptors (Lipinski definition) is 6. The molecule has 0 aliphatic rings. The van der Waals surface area contributed by atoms with Gasteiger partial charge in [0, 0.05) is 10.8 Å². The summed E-state index contributed by atoms with van der Waals surface area (Å²) in [5.74, 6) is 2.05. The molecule has 0 unspecified atom stereocenters. The number of para-hydroxylation sites is 1. The maximum Gasteiger partial charge on any atom is 0.229 e. The Kier molecular flexibility index (Phi) is 5.76. The van der Waals surface area contributed by atoms with Crippen LogP contribution >= 0.6 is 11.3 Å². The molecule has 2 aromatic heterocycles. The van der Waals surface area contributed by atoms with Gasteiger partial charge in [-0.1, -0.05) is 18.2 Å². The summed E-state index contributed by atoms with van der Waals surface area (Å²) in [6, 6.07) is 17.0. The van der Waals surface area contributed by atoms with Crippen LogP contribution in [0.4, 0.5) is 5.13 Å². The van der Waals surface area contributed by atoms with Gasteiger partial charge in [-0.25, -0.2) is 4.98 Å². The Morgan fingerprint density at radius 1 is 1.10 bits per heavy atom. The number of fused-ring (bicyclic) bond motifs is 1. The van der Waals surface area contributed by atoms with Gasteiger partial charge in [0.2, 0.25) is 5.91 Å². The number of rotatable bonds is 8. The fourth-order valence-corrected chi connectivity index (χ4v) is 3.52. The molecule has 1 N–H and O–H groups in total. The van der Waals surface area contributed by atoms with E-state index < -0.39 is 0 Å². The maximum absolute atomic E-state index is 12.1. The molecule has 0 spiro atoms. The van der Waals surface area contributed by atoms with Crippen LogP contribution in [-0.2, 0) is 4.79 Å². The molecule has 1 amide bonds. The highest BCUT2D eigenvalue weighted by atomic mass is 32.1. The van der Waals surface area contributed by atoms with Crippen molar-refractivity contribution < 1.29 is 18.7 Å². The number of ether oxygens (including phenoxy) is 2. The molecule has 4 rings (SSSR count). The summed E-state index contributed by atoms with van der Waals surface area (Å²) in [5, 5.41) is 6.14. The molecule has 4 aromatic rings. The van der Waals surface area contributed by atoms with Gasteiger partial charge in [0.1, 0.15) is 22.8 Å². The van der Waals surface area contributed by atoms with E-state index in [9.17, 15) is 4.79 Å². The highest BCUT2D eigenvalue weighted by Gasteiger charge is 2.12. The number of thiazole rings is 1. The quantitative estimate of drug-likeness (QED) is 0.425. The van der Waals surface area contributed by atoms with Gasteiger partial charge in [-0.15, -0.1) is 11.3 Å². The number of carbonyl (C=O) groups excluding carboxylic acids is 1. The monoisotopic (exact) mass is 408 g/mol. The molecule has 7 heteroatoms. The third-order valence-electron chi connectivity index (χ3n) is 4.14. The fourth-order valence-electron chi connectivity index (χ4n) is 2.81. The van der Waals surface area contributed by atoms with Crippen LogP contribution in [0.15, 0.2) is 64.4 Å². The van der Waals surface area contributed by atoms with Gasteiger partial charge in [-0.05, 0) is 43.3 Å². The third kappa shape index (κ3) is 4.75. The van der Waals surface area contributed by atoms with E-state index in [1.807, 2.05) is 66.9 Å². The van der Waals surface area contributed by atoms with Crippen LogP contribution in [0, 0.1) is 0 Å². The van der Waals surface area contributed by atoms with E-state index in [0.717, 1.165) is 22.5 Å². The van der Waals surface area contributed by atoms with E-state index in [4.69, 9.17) is 13.9 Å². The Bertz CT molecular complexity index is 1100. The number of hydrogen-bond donors (Lipinski definition) is 1. The smallest absolute Gasteiger partial charge is 0.229 e. The molecule has 0 radical (unpaired) electrons. The van der Waals surface area contributed by atoms with Gasteiger partial charge < -0.3 is 19.2 Å². The van der Waals surface area contributed by atoms with E-state index >= 15 is 0 Å². The molecule has 29 heavy (non-hydrogen) atoms. The van der Waals surface area contributed by atoms with E-state index in [0.29, 0.717) is 29.8 Å². The highest BCUT2D eigenvalue weighted by molar-refractivity contribution is 7.14. The van der Waals surface area contributed by atoms with Gasteiger partial charge in [-0.2, -0.15) is 0 Å². The summed E-state index contributed by atoms with van der Waals surface area (Å²) in [4.78, 5) is 16.6. The van der Waals surface area contributed by atoms with Crippen molar-refractivity contribution >= 4 is 33.3 Å². The van der Waals surface area contributed by atoms with Crippen molar-refractivity contribution in [3.8, 4) is 23.0 Å². The van der Waals surface area contributed by atoms with Crippen LogP contribution in [-0.4, -0.2) is 24.1 Å². The van der Waals surface area contributed by atoms with Crippen molar-refractivity contribution in [1.82, 2.24) is 4.98 Å². The molecular formula is C22H20N2O4S.